The van der Waals surface area contributed by atoms with Crippen LogP contribution in [0.3, 0.4) is 0 Å². The largest absolute Gasteiger partial charge is 0.494 e. The average Bonchev–Trinajstić information content (AvgIpc) is 3.00. The molecule has 164 valence electrons. The summed E-state index contributed by atoms with van der Waals surface area (Å²) in [4.78, 5) is 11.8. The minimum atomic E-state index is -4.55. The van der Waals surface area contributed by atoms with Gasteiger partial charge in [0.25, 0.3) is 0 Å². The van der Waals surface area contributed by atoms with Gasteiger partial charge in [0.15, 0.2) is 0 Å². The predicted octanol–water partition coefficient (Wildman–Crippen LogP) is 4.28. The van der Waals surface area contributed by atoms with Gasteiger partial charge in [0.1, 0.15) is 0 Å². The standard InChI is InChI=1S/C22H22F3N3O3/c1-13-5-3-6-16(11-13)28-18-12-15(22(23,24)25)8-9-17(18)20(21(28)31)14(2)26-27-19(30)7-4-10-29/h3,5-6,8-9,11-12,29,31H,4,7,10H2,1-2H3,(H,27,30). The molecular formula is C22H22F3N3O3. The van der Waals surface area contributed by atoms with Crippen molar-refractivity contribution in [2.24, 2.45) is 5.10 Å². The third-order valence-electron chi connectivity index (χ3n) is 4.80. The van der Waals surface area contributed by atoms with Gasteiger partial charge in [-0.2, -0.15) is 18.3 Å². The lowest BCUT2D eigenvalue weighted by molar-refractivity contribution is -0.137. The highest BCUT2D eigenvalue weighted by atomic mass is 19.4. The average molecular weight is 433 g/mol. The summed E-state index contributed by atoms with van der Waals surface area (Å²) in [7, 11) is 0. The minimum absolute atomic E-state index is 0.0687. The number of alkyl halides is 3. The van der Waals surface area contributed by atoms with Crippen molar-refractivity contribution in [2.75, 3.05) is 6.61 Å². The highest BCUT2D eigenvalue weighted by molar-refractivity contribution is 6.13. The Morgan fingerprint density at radius 3 is 2.58 bits per heavy atom. The van der Waals surface area contributed by atoms with Gasteiger partial charge in [0.2, 0.25) is 11.8 Å². The van der Waals surface area contributed by atoms with Gasteiger partial charge in [-0.3, -0.25) is 9.36 Å². The maximum atomic E-state index is 13.3. The molecule has 3 rings (SSSR count). The normalized spacial score (nSPS) is 12.4. The molecule has 1 heterocycles. The van der Waals surface area contributed by atoms with Crippen LogP contribution >= 0.6 is 0 Å². The molecule has 1 aromatic heterocycles. The van der Waals surface area contributed by atoms with Gasteiger partial charge in [-0.1, -0.05) is 18.2 Å². The zero-order valence-electron chi connectivity index (χ0n) is 17.0. The van der Waals surface area contributed by atoms with E-state index in [1.54, 1.807) is 25.1 Å². The molecule has 0 saturated heterocycles. The Morgan fingerprint density at radius 1 is 1.19 bits per heavy atom. The van der Waals surface area contributed by atoms with E-state index in [9.17, 15) is 23.1 Å². The third-order valence-corrected chi connectivity index (χ3v) is 4.80. The van der Waals surface area contributed by atoms with Crippen LogP contribution in [-0.4, -0.2) is 33.0 Å². The number of carbonyl (C=O) groups is 1. The molecule has 3 aromatic rings. The Morgan fingerprint density at radius 2 is 1.94 bits per heavy atom. The number of benzene rings is 2. The summed E-state index contributed by atoms with van der Waals surface area (Å²) in [6.07, 6.45) is -4.20. The number of hydrazone groups is 1. The predicted molar refractivity (Wildman–Crippen MR) is 111 cm³/mol. The lowest BCUT2D eigenvalue weighted by Gasteiger charge is -2.10. The molecule has 0 aliphatic rings. The van der Waals surface area contributed by atoms with Crippen LogP contribution in [0.25, 0.3) is 16.6 Å². The van der Waals surface area contributed by atoms with Crippen molar-refractivity contribution >= 4 is 22.5 Å². The molecule has 31 heavy (non-hydrogen) atoms. The molecular weight excluding hydrogens is 411 g/mol. The van der Waals surface area contributed by atoms with E-state index < -0.39 is 17.6 Å². The Bertz CT molecular complexity index is 1150. The van der Waals surface area contributed by atoms with Crippen molar-refractivity contribution in [2.45, 2.75) is 32.9 Å². The Labute approximate surface area is 176 Å². The van der Waals surface area contributed by atoms with Crippen molar-refractivity contribution in [3.8, 4) is 11.6 Å². The summed E-state index contributed by atoms with van der Waals surface area (Å²) in [6.45, 7) is 3.24. The molecule has 0 bridgehead atoms. The molecule has 0 unspecified atom stereocenters. The molecule has 0 aliphatic heterocycles. The van der Waals surface area contributed by atoms with E-state index in [1.807, 2.05) is 13.0 Å². The monoisotopic (exact) mass is 433 g/mol. The van der Waals surface area contributed by atoms with Crippen LogP contribution in [0.5, 0.6) is 5.88 Å². The number of aliphatic hydroxyl groups excluding tert-OH is 1. The van der Waals surface area contributed by atoms with E-state index in [0.717, 1.165) is 17.7 Å². The van der Waals surface area contributed by atoms with E-state index in [1.165, 1.54) is 10.6 Å². The Kier molecular flexibility index (Phi) is 6.35. The number of aryl methyl sites for hydroxylation is 1. The van der Waals surface area contributed by atoms with Gasteiger partial charge in [-0.05, 0) is 50.1 Å². The second-order valence-electron chi connectivity index (χ2n) is 7.16. The maximum absolute atomic E-state index is 13.3. The van der Waals surface area contributed by atoms with Crippen LogP contribution < -0.4 is 5.43 Å². The number of halogens is 3. The summed E-state index contributed by atoms with van der Waals surface area (Å²) >= 11 is 0. The number of hydrogen-bond acceptors (Lipinski definition) is 4. The molecule has 1 amide bonds. The minimum Gasteiger partial charge on any atom is -0.494 e. The number of nitrogens with one attached hydrogen (secondary N) is 1. The van der Waals surface area contributed by atoms with Gasteiger partial charge in [0.05, 0.1) is 22.4 Å². The first-order valence-electron chi connectivity index (χ1n) is 9.59. The highest BCUT2D eigenvalue weighted by Gasteiger charge is 2.32. The Hall–Kier alpha value is -3.33. The quantitative estimate of drug-likeness (QED) is 0.401. The number of aromatic nitrogens is 1. The molecule has 3 N–H and O–H groups in total. The number of hydrogen-bond donors (Lipinski definition) is 3. The molecule has 2 aromatic carbocycles. The molecule has 9 heteroatoms. The van der Waals surface area contributed by atoms with Crippen LogP contribution in [0.4, 0.5) is 13.2 Å². The molecule has 0 atom stereocenters. The van der Waals surface area contributed by atoms with E-state index in [4.69, 9.17) is 5.11 Å². The number of nitrogens with zero attached hydrogens (tertiary/aromatic N) is 2. The van der Waals surface area contributed by atoms with E-state index in [2.05, 4.69) is 10.5 Å². The summed E-state index contributed by atoms with van der Waals surface area (Å²) in [5, 5.41) is 24.1. The van der Waals surface area contributed by atoms with Crippen LogP contribution in [-0.2, 0) is 11.0 Å². The van der Waals surface area contributed by atoms with Gasteiger partial charge in [0, 0.05) is 24.1 Å². The number of amides is 1. The van der Waals surface area contributed by atoms with Crippen molar-refractivity contribution in [1.82, 2.24) is 9.99 Å². The molecule has 0 spiro atoms. The maximum Gasteiger partial charge on any atom is 0.416 e. The SMILES string of the molecule is CC(=NNC(=O)CCCO)c1c(O)n(-c2cccc(C)c2)c2cc(C(F)(F)F)ccc12. The summed E-state index contributed by atoms with van der Waals surface area (Å²) in [5.74, 6) is -0.708. The van der Waals surface area contributed by atoms with E-state index in [0.29, 0.717) is 11.1 Å². The fourth-order valence-electron chi connectivity index (χ4n) is 3.33. The summed E-state index contributed by atoms with van der Waals surface area (Å²) < 4.78 is 41.3. The van der Waals surface area contributed by atoms with Crippen LogP contribution in [0, 0.1) is 6.92 Å². The van der Waals surface area contributed by atoms with Crippen molar-refractivity contribution < 1.29 is 28.2 Å². The second-order valence-corrected chi connectivity index (χ2v) is 7.16. The number of aliphatic hydroxyl groups is 1. The number of rotatable bonds is 6. The fraction of sp³-hybridized carbons (Fsp3) is 0.273. The Balaban J connectivity index is 2.18. The van der Waals surface area contributed by atoms with Crippen LogP contribution in [0.1, 0.15) is 36.5 Å². The highest BCUT2D eigenvalue weighted by Crippen LogP contribution is 2.38. The van der Waals surface area contributed by atoms with E-state index >= 15 is 0 Å². The van der Waals surface area contributed by atoms with E-state index in [-0.39, 0.29) is 42.1 Å². The van der Waals surface area contributed by atoms with Gasteiger partial charge in [-0.15, -0.1) is 0 Å². The zero-order valence-corrected chi connectivity index (χ0v) is 17.0. The lowest BCUT2D eigenvalue weighted by atomic mass is 10.1. The van der Waals surface area contributed by atoms with Crippen LogP contribution in [0.15, 0.2) is 47.6 Å². The first-order valence-corrected chi connectivity index (χ1v) is 9.59. The zero-order chi connectivity index (χ0) is 22.8. The second kappa shape index (κ2) is 8.81. The molecule has 0 fully saturated rings. The van der Waals surface area contributed by atoms with Crippen LogP contribution in [0.2, 0.25) is 0 Å². The number of fused-ring (bicyclic) bond motifs is 1. The smallest absolute Gasteiger partial charge is 0.416 e. The molecule has 0 radical (unpaired) electrons. The third kappa shape index (κ3) is 4.72. The summed E-state index contributed by atoms with van der Waals surface area (Å²) in [6, 6.07) is 10.2. The number of aromatic hydroxyl groups is 1. The van der Waals surface area contributed by atoms with Crippen molar-refractivity contribution in [3.05, 3.63) is 59.2 Å². The lowest BCUT2D eigenvalue weighted by Crippen LogP contribution is -2.19. The van der Waals surface area contributed by atoms with Gasteiger partial charge >= 0.3 is 6.18 Å². The molecule has 0 aliphatic carbocycles. The van der Waals surface area contributed by atoms with Gasteiger partial charge < -0.3 is 10.2 Å². The molecule has 0 saturated carbocycles. The topological polar surface area (TPSA) is 86.8 Å². The van der Waals surface area contributed by atoms with Gasteiger partial charge in [-0.25, -0.2) is 5.43 Å². The summed E-state index contributed by atoms with van der Waals surface area (Å²) in [5.41, 5.74) is 3.46. The van der Waals surface area contributed by atoms with Crippen molar-refractivity contribution in [3.63, 3.8) is 0 Å². The first kappa shape index (κ1) is 22.4. The first-order chi connectivity index (χ1) is 14.6. The van der Waals surface area contributed by atoms with Crippen molar-refractivity contribution in [1.29, 1.82) is 0 Å². The molecule has 6 nitrogen and oxygen atoms in total. The number of carbonyl (C=O) groups excluding carboxylic acids is 1. The fourth-order valence-corrected chi connectivity index (χ4v) is 3.33.